The van der Waals surface area contributed by atoms with E-state index in [4.69, 9.17) is 4.74 Å². The zero-order chi connectivity index (χ0) is 14.5. The molecular formula is C18H16NOP. The van der Waals surface area contributed by atoms with Gasteiger partial charge in [0.2, 0.25) is 0 Å². The van der Waals surface area contributed by atoms with Gasteiger partial charge in [0.15, 0.2) is 0 Å². The molecule has 2 nitrogen and oxygen atoms in total. The Bertz CT molecular complexity index is 661. The molecule has 1 aromatic heterocycles. The Morgan fingerprint density at radius 3 is 1.90 bits per heavy atom. The third-order valence-electron chi connectivity index (χ3n) is 3.21. The smallest absolute Gasteiger partial charge is 0.122 e. The minimum atomic E-state index is -0.659. The van der Waals surface area contributed by atoms with Crippen molar-refractivity contribution >= 4 is 24.0 Å². The zero-order valence-electron chi connectivity index (χ0n) is 11.8. The summed E-state index contributed by atoms with van der Waals surface area (Å²) in [6.07, 6.45) is 1.81. The second-order valence-electron chi connectivity index (χ2n) is 4.56. The zero-order valence-corrected chi connectivity index (χ0v) is 12.7. The van der Waals surface area contributed by atoms with Crippen LogP contribution in [0.1, 0.15) is 0 Å². The Hall–Kier alpha value is -2.18. The Labute approximate surface area is 126 Å². The van der Waals surface area contributed by atoms with Crippen LogP contribution in [0, 0.1) is 0 Å². The van der Waals surface area contributed by atoms with Crippen molar-refractivity contribution in [2.45, 2.75) is 0 Å². The summed E-state index contributed by atoms with van der Waals surface area (Å²) >= 11 is 0. The molecule has 0 aliphatic heterocycles. The molecule has 1 heterocycles. The van der Waals surface area contributed by atoms with E-state index in [1.54, 1.807) is 7.11 Å². The van der Waals surface area contributed by atoms with E-state index in [1.165, 1.54) is 10.6 Å². The molecule has 3 rings (SSSR count). The van der Waals surface area contributed by atoms with Gasteiger partial charge >= 0.3 is 0 Å². The largest absolute Gasteiger partial charge is 0.497 e. The molecule has 104 valence electrons. The van der Waals surface area contributed by atoms with Crippen molar-refractivity contribution in [3.05, 3.63) is 79.0 Å². The number of nitrogens with zero attached hydrogens (tertiary/aromatic N) is 1. The molecule has 21 heavy (non-hydrogen) atoms. The normalized spacial score (nSPS) is 10.6. The predicted octanol–water partition coefficient (Wildman–Crippen LogP) is 2.85. The molecular weight excluding hydrogens is 277 g/mol. The molecule has 2 aromatic carbocycles. The van der Waals surface area contributed by atoms with Crippen LogP contribution in [-0.2, 0) is 0 Å². The van der Waals surface area contributed by atoms with Gasteiger partial charge in [-0.25, -0.2) is 0 Å². The lowest BCUT2D eigenvalue weighted by Crippen LogP contribution is -2.22. The number of aromatic nitrogens is 1. The summed E-state index contributed by atoms with van der Waals surface area (Å²) in [5, 5.41) is 2.58. The molecule has 3 heteroatoms. The number of hydrogen-bond acceptors (Lipinski definition) is 2. The van der Waals surface area contributed by atoms with E-state index in [0.29, 0.717) is 0 Å². The summed E-state index contributed by atoms with van der Waals surface area (Å²) in [6, 6.07) is 25.0. The van der Waals surface area contributed by atoms with Crippen LogP contribution in [0.15, 0.2) is 79.0 Å². The number of methoxy groups -OCH3 is 1. The highest BCUT2D eigenvalue weighted by Crippen LogP contribution is 2.32. The molecule has 0 aliphatic rings. The van der Waals surface area contributed by atoms with E-state index in [0.717, 1.165) is 11.2 Å². The van der Waals surface area contributed by atoms with Crippen molar-refractivity contribution in [2.24, 2.45) is 0 Å². The fourth-order valence-corrected chi connectivity index (χ4v) is 4.42. The number of hydrogen-bond donors (Lipinski definition) is 0. The summed E-state index contributed by atoms with van der Waals surface area (Å²) in [6.45, 7) is 0. The van der Waals surface area contributed by atoms with Gasteiger partial charge in [-0.1, -0.05) is 60.7 Å². The molecule has 0 unspecified atom stereocenters. The summed E-state index contributed by atoms with van der Waals surface area (Å²) in [5.74, 6) is 0.847. The first-order valence-corrected chi connectivity index (χ1v) is 8.13. The van der Waals surface area contributed by atoms with E-state index in [1.807, 2.05) is 30.5 Å². The lowest BCUT2D eigenvalue weighted by atomic mass is 10.4. The summed E-state index contributed by atoms with van der Waals surface area (Å²) in [7, 11) is 1.03. The summed E-state index contributed by atoms with van der Waals surface area (Å²) in [5.41, 5.74) is 1.06. The van der Waals surface area contributed by atoms with Crippen LogP contribution in [0.5, 0.6) is 5.75 Å². The minimum absolute atomic E-state index is 0.659. The first kappa shape index (κ1) is 13.8. The molecule has 0 saturated heterocycles. The highest BCUT2D eigenvalue weighted by Gasteiger charge is 2.17. The number of ether oxygens (including phenoxy) is 1. The van der Waals surface area contributed by atoms with E-state index in [2.05, 4.69) is 53.5 Å². The van der Waals surface area contributed by atoms with E-state index in [-0.39, 0.29) is 0 Å². The van der Waals surface area contributed by atoms with Crippen molar-refractivity contribution in [3.63, 3.8) is 0 Å². The van der Waals surface area contributed by atoms with Crippen LogP contribution in [0.3, 0.4) is 0 Å². The van der Waals surface area contributed by atoms with Crippen molar-refractivity contribution < 1.29 is 4.74 Å². The van der Waals surface area contributed by atoms with Crippen molar-refractivity contribution in [3.8, 4) is 5.75 Å². The van der Waals surface area contributed by atoms with Gasteiger partial charge in [-0.15, -0.1) is 0 Å². The first-order valence-electron chi connectivity index (χ1n) is 6.79. The third-order valence-corrected chi connectivity index (χ3v) is 5.54. The monoisotopic (exact) mass is 293 g/mol. The first-order chi connectivity index (χ1) is 10.4. The molecule has 0 spiro atoms. The molecule has 0 fully saturated rings. The van der Waals surface area contributed by atoms with Crippen molar-refractivity contribution in [1.82, 2.24) is 4.98 Å². The molecule has 0 bridgehead atoms. The van der Waals surface area contributed by atoms with Crippen LogP contribution in [0.4, 0.5) is 0 Å². The summed E-state index contributed by atoms with van der Waals surface area (Å²) < 4.78 is 5.35. The van der Waals surface area contributed by atoms with Gasteiger partial charge in [0.25, 0.3) is 0 Å². The Morgan fingerprint density at radius 1 is 0.810 bits per heavy atom. The van der Waals surface area contributed by atoms with Crippen LogP contribution in [0.2, 0.25) is 0 Å². The van der Waals surface area contributed by atoms with Crippen molar-refractivity contribution in [2.75, 3.05) is 7.11 Å². The van der Waals surface area contributed by atoms with Gasteiger partial charge in [0.1, 0.15) is 5.75 Å². The van der Waals surface area contributed by atoms with Crippen LogP contribution >= 0.6 is 7.92 Å². The number of rotatable bonds is 4. The van der Waals surface area contributed by atoms with Crippen LogP contribution < -0.4 is 20.8 Å². The van der Waals surface area contributed by atoms with Gasteiger partial charge in [0.05, 0.1) is 12.5 Å². The van der Waals surface area contributed by atoms with Gasteiger partial charge in [-0.05, 0) is 16.7 Å². The van der Waals surface area contributed by atoms with E-state index < -0.39 is 7.92 Å². The lowest BCUT2D eigenvalue weighted by molar-refractivity contribution is 0.414. The Kier molecular flexibility index (Phi) is 4.28. The topological polar surface area (TPSA) is 22.1 Å². The quantitative estimate of drug-likeness (QED) is 0.690. The van der Waals surface area contributed by atoms with Gasteiger partial charge < -0.3 is 4.74 Å². The summed E-state index contributed by atoms with van der Waals surface area (Å²) in [4.78, 5) is 4.59. The maximum absolute atomic E-state index is 5.35. The number of pyridine rings is 1. The average molecular weight is 293 g/mol. The molecule has 0 radical (unpaired) electrons. The Balaban J connectivity index is 2.12. The second-order valence-corrected chi connectivity index (χ2v) is 6.72. The molecule has 0 N–H and O–H groups in total. The number of benzene rings is 2. The predicted molar refractivity (Wildman–Crippen MR) is 89.5 cm³/mol. The third kappa shape index (κ3) is 3.12. The molecule has 0 saturated carbocycles. The van der Waals surface area contributed by atoms with Gasteiger partial charge in [-0.3, -0.25) is 4.98 Å². The fraction of sp³-hybridized carbons (Fsp3) is 0.0556. The molecule has 0 aliphatic carbocycles. The standard InChI is InChI=1S/C18H16NOP/c1-20-15-12-13-19-18(14-15)21(16-8-4-2-5-9-16)17-10-6-3-7-11-17/h2-14H,1H3. The SMILES string of the molecule is COc1ccnc(P(c2ccccc2)c2ccccc2)c1. The molecule has 0 amide bonds. The minimum Gasteiger partial charge on any atom is -0.497 e. The maximum Gasteiger partial charge on any atom is 0.122 e. The average Bonchev–Trinajstić information content (AvgIpc) is 2.57. The van der Waals surface area contributed by atoms with Crippen LogP contribution in [0.25, 0.3) is 0 Å². The van der Waals surface area contributed by atoms with E-state index >= 15 is 0 Å². The maximum atomic E-state index is 5.35. The fourth-order valence-electron chi connectivity index (χ4n) is 2.22. The second kappa shape index (κ2) is 6.51. The van der Waals surface area contributed by atoms with Gasteiger partial charge in [-0.2, -0.15) is 0 Å². The Morgan fingerprint density at radius 2 is 1.38 bits per heavy atom. The lowest BCUT2D eigenvalue weighted by Gasteiger charge is -2.18. The highest BCUT2D eigenvalue weighted by molar-refractivity contribution is 7.79. The molecule has 3 aromatic rings. The van der Waals surface area contributed by atoms with Crippen LogP contribution in [-0.4, -0.2) is 12.1 Å². The highest BCUT2D eigenvalue weighted by atomic mass is 31.1. The molecule has 0 atom stereocenters. The van der Waals surface area contributed by atoms with Crippen molar-refractivity contribution in [1.29, 1.82) is 0 Å². The van der Waals surface area contributed by atoms with E-state index in [9.17, 15) is 0 Å². The van der Waals surface area contributed by atoms with Gasteiger partial charge in [0, 0.05) is 20.2 Å².